The highest BCUT2D eigenvalue weighted by molar-refractivity contribution is 5.78. The summed E-state index contributed by atoms with van der Waals surface area (Å²) in [4.78, 5) is 19.6. The highest BCUT2D eigenvalue weighted by Gasteiger charge is 2.20. The average Bonchev–Trinajstić information content (AvgIpc) is 2.64. The molecule has 2 aromatic carbocycles. The van der Waals surface area contributed by atoms with Gasteiger partial charge in [0, 0.05) is 13.1 Å². The molecule has 1 aliphatic rings. The van der Waals surface area contributed by atoms with Crippen LogP contribution in [0.3, 0.4) is 0 Å². The molecule has 0 aliphatic carbocycles. The fourth-order valence-electron chi connectivity index (χ4n) is 3.24. The van der Waals surface area contributed by atoms with Gasteiger partial charge in [0.25, 0.3) is 5.56 Å². The number of anilines is 1. The van der Waals surface area contributed by atoms with Crippen LogP contribution in [0.4, 0.5) is 5.95 Å². The van der Waals surface area contributed by atoms with E-state index in [1.54, 1.807) is 4.57 Å². The molecule has 5 nitrogen and oxygen atoms in total. The van der Waals surface area contributed by atoms with Crippen molar-refractivity contribution in [1.29, 1.82) is 0 Å². The van der Waals surface area contributed by atoms with Gasteiger partial charge in [-0.15, -0.1) is 0 Å². The highest BCUT2D eigenvalue weighted by Crippen LogP contribution is 2.19. The molecule has 25 heavy (non-hydrogen) atoms. The summed E-state index contributed by atoms with van der Waals surface area (Å²) in [5.41, 5.74) is 2.02. The van der Waals surface area contributed by atoms with Crippen LogP contribution in [0, 0.1) is 6.92 Å². The molecule has 0 radical (unpaired) electrons. The maximum absolute atomic E-state index is 12.7. The van der Waals surface area contributed by atoms with Gasteiger partial charge in [0.15, 0.2) is 0 Å². The van der Waals surface area contributed by atoms with Crippen molar-refractivity contribution in [3.05, 3.63) is 64.4 Å². The molecular weight excluding hydrogens is 314 g/mol. The van der Waals surface area contributed by atoms with Gasteiger partial charge in [0.2, 0.25) is 5.95 Å². The Bertz CT molecular complexity index is 947. The summed E-state index contributed by atoms with van der Waals surface area (Å²) >= 11 is 0. The molecule has 0 saturated carbocycles. The molecule has 3 aromatic rings. The standard InChI is InChI=1S/C20H21N3O2/c1-15-7-9-16(10-8-15)25-14-13-22-11-4-12-23-19(24)17-5-2-3-6-18(17)21-20(22)23/h2-3,5-10H,4,11-14H2,1H3. The monoisotopic (exact) mass is 335 g/mol. The van der Waals surface area contributed by atoms with Gasteiger partial charge in [0.1, 0.15) is 12.4 Å². The smallest absolute Gasteiger partial charge is 0.262 e. The first kappa shape index (κ1) is 15.7. The molecule has 1 aromatic heterocycles. The Morgan fingerprint density at radius 2 is 1.88 bits per heavy atom. The topological polar surface area (TPSA) is 47.4 Å². The van der Waals surface area contributed by atoms with E-state index in [4.69, 9.17) is 9.72 Å². The Balaban J connectivity index is 1.55. The number of para-hydroxylation sites is 1. The third-order valence-corrected chi connectivity index (χ3v) is 4.58. The minimum absolute atomic E-state index is 0.0461. The predicted molar refractivity (Wildman–Crippen MR) is 99.5 cm³/mol. The van der Waals surface area contributed by atoms with E-state index < -0.39 is 0 Å². The molecule has 0 amide bonds. The zero-order chi connectivity index (χ0) is 17.2. The first-order valence-electron chi connectivity index (χ1n) is 8.66. The molecule has 0 spiro atoms. The fourth-order valence-corrected chi connectivity index (χ4v) is 3.24. The molecule has 4 rings (SSSR count). The molecule has 0 N–H and O–H groups in total. The second-order valence-corrected chi connectivity index (χ2v) is 6.39. The van der Waals surface area contributed by atoms with Crippen LogP contribution in [0.25, 0.3) is 10.9 Å². The lowest BCUT2D eigenvalue weighted by molar-refractivity contribution is 0.319. The van der Waals surface area contributed by atoms with Crippen LogP contribution in [0.1, 0.15) is 12.0 Å². The normalized spacial score (nSPS) is 13.7. The van der Waals surface area contributed by atoms with Crippen LogP contribution in [0.5, 0.6) is 5.75 Å². The van der Waals surface area contributed by atoms with Crippen molar-refractivity contribution in [2.45, 2.75) is 19.9 Å². The zero-order valence-electron chi connectivity index (χ0n) is 14.3. The van der Waals surface area contributed by atoms with Gasteiger partial charge >= 0.3 is 0 Å². The van der Waals surface area contributed by atoms with Crippen LogP contribution < -0.4 is 15.2 Å². The number of hydrogen-bond acceptors (Lipinski definition) is 4. The molecule has 0 fully saturated rings. The molecule has 2 heterocycles. The maximum Gasteiger partial charge on any atom is 0.262 e. The molecule has 128 valence electrons. The summed E-state index contributed by atoms with van der Waals surface area (Å²) in [5, 5.41) is 0.684. The summed E-state index contributed by atoms with van der Waals surface area (Å²) in [6, 6.07) is 15.6. The van der Waals surface area contributed by atoms with Gasteiger partial charge in [0.05, 0.1) is 17.4 Å². The lowest BCUT2D eigenvalue weighted by atomic mass is 10.2. The van der Waals surface area contributed by atoms with Gasteiger partial charge in [-0.05, 0) is 37.6 Å². The lowest BCUT2D eigenvalue weighted by Crippen LogP contribution is -2.40. The number of rotatable bonds is 4. The first-order chi connectivity index (χ1) is 12.2. The number of nitrogens with zero attached hydrogens (tertiary/aromatic N) is 3. The summed E-state index contributed by atoms with van der Waals surface area (Å²) in [5.74, 6) is 1.62. The SMILES string of the molecule is Cc1ccc(OCCN2CCCn3c2nc2ccccc2c3=O)cc1. The van der Waals surface area contributed by atoms with Crippen molar-refractivity contribution >= 4 is 16.9 Å². The van der Waals surface area contributed by atoms with Crippen LogP contribution in [0.15, 0.2) is 53.3 Å². The van der Waals surface area contributed by atoms with Crippen molar-refractivity contribution in [2.24, 2.45) is 0 Å². The van der Waals surface area contributed by atoms with Crippen molar-refractivity contribution in [3.63, 3.8) is 0 Å². The summed E-state index contributed by atoms with van der Waals surface area (Å²) in [6.07, 6.45) is 0.942. The average molecular weight is 335 g/mol. The Morgan fingerprint density at radius 1 is 1.08 bits per heavy atom. The quantitative estimate of drug-likeness (QED) is 0.735. The molecule has 5 heteroatoms. The number of fused-ring (bicyclic) bond motifs is 2. The predicted octanol–water partition coefficient (Wildman–Crippen LogP) is 2.99. The maximum atomic E-state index is 12.7. The summed E-state index contributed by atoms with van der Waals surface area (Å²) in [6.45, 7) is 4.94. The Hall–Kier alpha value is -2.82. The van der Waals surface area contributed by atoms with Crippen LogP contribution in [0.2, 0.25) is 0 Å². The molecule has 0 atom stereocenters. The largest absolute Gasteiger partial charge is 0.492 e. The fraction of sp³-hybridized carbons (Fsp3) is 0.300. The van der Waals surface area contributed by atoms with E-state index in [2.05, 4.69) is 11.8 Å². The third kappa shape index (κ3) is 3.09. The Kier molecular flexibility index (Phi) is 4.14. The van der Waals surface area contributed by atoms with Crippen molar-refractivity contribution in [2.75, 3.05) is 24.6 Å². The van der Waals surface area contributed by atoms with Gasteiger partial charge < -0.3 is 9.64 Å². The number of benzene rings is 2. The van der Waals surface area contributed by atoms with Crippen molar-refractivity contribution < 1.29 is 4.74 Å². The van der Waals surface area contributed by atoms with Gasteiger partial charge in [-0.3, -0.25) is 9.36 Å². The van der Waals surface area contributed by atoms with Crippen LogP contribution in [-0.2, 0) is 6.54 Å². The highest BCUT2D eigenvalue weighted by atomic mass is 16.5. The van der Waals surface area contributed by atoms with Crippen molar-refractivity contribution in [1.82, 2.24) is 9.55 Å². The number of hydrogen-bond donors (Lipinski definition) is 0. The molecule has 0 bridgehead atoms. The first-order valence-corrected chi connectivity index (χ1v) is 8.66. The van der Waals surface area contributed by atoms with Crippen LogP contribution in [-0.4, -0.2) is 29.2 Å². The van der Waals surface area contributed by atoms with E-state index in [-0.39, 0.29) is 5.56 Å². The van der Waals surface area contributed by atoms with Gasteiger partial charge in [-0.25, -0.2) is 4.98 Å². The van der Waals surface area contributed by atoms with Gasteiger partial charge in [-0.1, -0.05) is 29.8 Å². The summed E-state index contributed by atoms with van der Waals surface area (Å²) in [7, 11) is 0. The van der Waals surface area contributed by atoms with Gasteiger partial charge in [-0.2, -0.15) is 0 Å². The third-order valence-electron chi connectivity index (χ3n) is 4.58. The van der Waals surface area contributed by atoms with Crippen molar-refractivity contribution in [3.8, 4) is 5.75 Å². The minimum Gasteiger partial charge on any atom is -0.492 e. The van der Waals surface area contributed by atoms with E-state index in [0.717, 1.165) is 36.7 Å². The van der Waals surface area contributed by atoms with E-state index >= 15 is 0 Å². The number of aromatic nitrogens is 2. The van der Waals surface area contributed by atoms with E-state index in [1.165, 1.54) is 5.56 Å². The van der Waals surface area contributed by atoms with Crippen LogP contribution >= 0.6 is 0 Å². The molecule has 0 unspecified atom stereocenters. The molecule has 1 aliphatic heterocycles. The Morgan fingerprint density at radius 3 is 2.72 bits per heavy atom. The summed E-state index contributed by atoms with van der Waals surface area (Å²) < 4.78 is 7.63. The van der Waals surface area contributed by atoms with E-state index in [9.17, 15) is 4.79 Å². The second kappa shape index (κ2) is 6.59. The lowest BCUT2D eigenvalue weighted by Gasteiger charge is -2.30. The number of aryl methyl sites for hydroxylation is 1. The minimum atomic E-state index is 0.0461. The Labute approximate surface area is 146 Å². The zero-order valence-corrected chi connectivity index (χ0v) is 14.3. The number of ether oxygens (including phenoxy) is 1. The van der Waals surface area contributed by atoms with E-state index in [1.807, 2.05) is 48.5 Å². The molecule has 0 saturated heterocycles. The second-order valence-electron chi connectivity index (χ2n) is 6.39. The van der Waals surface area contributed by atoms with E-state index in [0.29, 0.717) is 18.5 Å². The molecular formula is C20H21N3O2.